The van der Waals surface area contributed by atoms with Gasteiger partial charge in [-0.2, -0.15) is 0 Å². The Balaban J connectivity index is 1.70. The van der Waals surface area contributed by atoms with Crippen LogP contribution >= 0.6 is 0 Å². The number of aryl methyl sites for hydroxylation is 1. The molecule has 0 spiro atoms. The zero-order valence-corrected chi connectivity index (χ0v) is 12.9. The molecule has 0 radical (unpaired) electrons. The van der Waals surface area contributed by atoms with E-state index < -0.39 is 0 Å². The van der Waals surface area contributed by atoms with Crippen molar-refractivity contribution in [2.24, 2.45) is 5.92 Å². The smallest absolute Gasteiger partial charge is 0.251 e. The maximum absolute atomic E-state index is 12.3. The molecule has 0 unspecified atom stereocenters. The van der Waals surface area contributed by atoms with Crippen LogP contribution in [0.25, 0.3) is 0 Å². The molecule has 22 heavy (non-hydrogen) atoms. The zero-order chi connectivity index (χ0) is 15.5. The summed E-state index contributed by atoms with van der Waals surface area (Å²) in [6, 6.07) is 5.81. The van der Waals surface area contributed by atoms with Crippen molar-refractivity contribution in [3.63, 3.8) is 0 Å². The molecule has 2 aliphatic carbocycles. The molecular weight excluding hydrogens is 276 g/mol. The van der Waals surface area contributed by atoms with Gasteiger partial charge in [-0.25, -0.2) is 0 Å². The first-order valence-corrected chi connectivity index (χ1v) is 8.01. The third kappa shape index (κ3) is 3.56. The Morgan fingerprint density at radius 1 is 1.14 bits per heavy atom. The van der Waals surface area contributed by atoms with E-state index in [0.29, 0.717) is 11.6 Å². The van der Waals surface area contributed by atoms with Crippen molar-refractivity contribution in [2.45, 2.75) is 45.1 Å². The van der Waals surface area contributed by atoms with E-state index in [4.69, 9.17) is 0 Å². The number of carbonyl (C=O) groups excluding carboxylic acids is 2. The third-order valence-corrected chi connectivity index (χ3v) is 4.31. The van der Waals surface area contributed by atoms with Crippen LogP contribution in [0.3, 0.4) is 0 Å². The van der Waals surface area contributed by atoms with Gasteiger partial charge in [-0.15, -0.1) is 0 Å². The van der Waals surface area contributed by atoms with Crippen molar-refractivity contribution >= 4 is 17.5 Å². The number of nitrogens with one attached hydrogen (secondary N) is 2. The fourth-order valence-electron chi connectivity index (χ4n) is 2.66. The average Bonchev–Trinajstić information content (AvgIpc) is 3.34. The summed E-state index contributed by atoms with van der Waals surface area (Å²) in [6.07, 6.45) is 8.97. The average molecular weight is 298 g/mol. The van der Waals surface area contributed by atoms with E-state index in [1.165, 1.54) is 0 Å². The summed E-state index contributed by atoms with van der Waals surface area (Å²) in [5.74, 6) is 0.0270. The molecule has 2 N–H and O–H groups in total. The summed E-state index contributed by atoms with van der Waals surface area (Å²) in [5.41, 5.74) is 2.32. The van der Waals surface area contributed by atoms with E-state index in [1.807, 2.05) is 19.1 Å². The lowest BCUT2D eigenvalue weighted by molar-refractivity contribution is -0.120. The van der Waals surface area contributed by atoms with E-state index in [-0.39, 0.29) is 17.7 Å². The van der Waals surface area contributed by atoms with Crippen LogP contribution in [0.2, 0.25) is 0 Å². The summed E-state index contributed by atoms with van der Waals surface area (Å²) >= 11 is 0. The molecule has 1 fully saturated rings. The molecule has 0 heterocycles. The predicted molar refractivity (Wildman–Crippen MR) is 86.8 cm³/mol. The maximum atomic E-state index is 12.3. The summed E-state index contributed by atoms with van der Waals surface area (Å²) in [4.78, 5) is 24.5. The summed E-state index contributed by atoms with van der Waals surface area (Å²) < 4.78 is 0. The number of carbonyl (C=O) groups is 2. The van der Waals surface area contributed by atoms with Crippen LogP contribution in [0, 0.1) is 12.8 Å². The van der Waals surface area contributed by atoms with Crippen molar-refractivity contribution in [2.75, 3.05) is 5.32 Å². The monoisotopic (exact) mass is 298 g/mol. The number of anilines is 1. The fourth-order valence-corrected chi connectivity index (χ4v) is 2.66. The van der Waals surface area contributed by atoms with Gasteiger partial charge in [0.15, 0.2) is 0 Å². The zero-order valence-electron chi connectivity index (χ0n) is 12.9. The number of hydrogen-bond donors (Lipinski definition) is 2. The Kier molecular flexibility index (Phi) is 4.27. The summed E-state index contributed by atoms with van der Waals surface area (Å²) in [6.45, 7) is 1.94. The van der Waals surface area contributed by atoms with Crippen molar-refractivity contribution in [3.05, 3.63) is 41.5 Å². The minimum Gasteiger partial charge on any atom is -0.349 e. The molecule has 116 valence electrons. The molecular formula is C18H22N2O2. The molecule has 1 atom stereocenters. The predicted octanol–water partition coefficient (Wildman–Crippen LogP) is 3.18. The molecule has 0 saturated heterocycles. The number of benzene rings is 1. The Bertz CT molecular complexity index is 618. The Labute approximate surface area is 131 Å². The van der Waals surface area contributed by atoms with E-state index in [9.17, 15) is 9.59 Å². The molecule has 1 aromatic rings. The topological polar surface area (TPSA) is 58.2 Å². The standard InChI is InChI=1S/C18H22N2O2/c1-12-7-8-14(18(22)19-15-9-10-15)11-16(12)20-17(21)13-5-3-2-4-6-13/h2-3,7-8,11,13,15H,4-6,9-10H2,1H3,(H,19,22)(H,20,21)/t13-/m0/s1. The molecule has 2 amide bonds. The highest BCUT2D eigenvalue weighted by atomic mass is 16.2. The van der Waals surface area contributed by atoms with Crippen LogP contribution in [-0.4, -0.2) is 17.9 Å². The highest BCUT2D eigenvalue weighted by molar-refractivity contribution is 5.98. The second-order valence-corrected chi connectivity index (χ2v) is 6.25. The number of hydrogen-bond acceptors (Lipinski definition) is 2. The van der Waals surface area contributed by atoms with E-state index >= 15 is 0 Å². The molecule has 3 rings (SSSR count). The van der Waals surface area contributed by atoms with Crippen LogP contribution in [0.5, 0.6) is 0 Å². The highest BCUT2D eigenvalue weighted by Gasteiger charge is 2.24. The van der Waals surface area contributed by atoms with Crippen molar-refractivity contribution in [3.8, 4) is 0 Å². The molecule has 0 bridgehead atoms. The molecule has 4 nitrogen and oxygen atoms in total. The van der Waals surface area contributed by atoms with Gasteiger partial charge in [0.2, 0.25) is 5.91 Å². The quantitative estimate of drug-likeness (QED) is 0.839. The number of amides is 2. The minimum atomic E-state index is -0.0569. The molecule has 1 saturated carbocycles. The molecule has 1 aromatic carbocycles. The van der Waals surface area contributed by atoms with Gasteiger partial charge in [0.05, 0.1) is 0 Å². The van der Waals surface area contributed by atoms with Gasteiger partial charge < -0.3 is 10.6 Å². The second-order valence-electron chi connectivity index (χ2n) is 6.25. The Morgan fingerprint density at radius 3 is 2.64 bits per heavy atom. The lowest BCUT2D eigenvalue weighted by atomic mass is 9.93. The SMILES string of the molecule is Cc1ccc(C(=O)NC2CC2)cc1NC(=O)[C@H]1CC=CCC1. The van der Waals surface area contributed by atoms with Crippen molar-refractivity contribution in [1.29, 1.82) is 0 Å². The Hall–Kier alpha value is -2.10. The first-order chi connectivity index (χ1) is 10.6. The number of allylic oxidation sites excluding steroid dienone is 2. The molecule has 0 aliphatic heterocycles. The van der Waals surface area contributed by atoms with Gasteiger partial charge in [-0.05, 0) is 56.7 Å². The van der Waals surface area contributed by atoms with Gasteiger partial charge in [-0.1, -0.05) is 18.2 Å². The first kappa shape index (κ1) is 14.8. The molecule has 2 aliphatic rings. The van der Waals surface area contributed by atoms with Gasteiger partial charge in [0.25, 0.3) is 5.91 Å². The minimum absolute atomic E-state index is 0.0355. The number of rotatable bonds is 4. The normalized spacial score (nSPS) is 20.5. The summed E-state index contributed by atoms with van der Waals surface area (Å²) in [5, 5.41) is 5.96. The molecule has 0 aromatic heterocycles. The van der Waals surface area contributed by atoms with Crippen molar-refractivity contribution < 1.29 is 9.59 Å². The van der Waals surface area contributed by atoms with E-state index in [2.05, 4.69) is 22.8 Å². The van der Waals surface area contributed by atoms with Gasteiger partial charge in [0.1, 0.15) is 0 Å². The largest absolute Gasteiger partial charge is 0.349 e. The van der Waals surface area contributed by atoms with Gasteiger partial charge in [0, 0.05) is 23.2 Å². The second kappa shape index (κ2) is 6.34. The van der Waals surface area contributed by atoms with Crippen molar-refractivity contribution in [1.82, 2.24) is 5.32 Å². The summed E-state index contributed by atoms with van der Waals surface area (Å²) in [7, 11) is 0. The van der Waals surface area contributed by atoms with Gasteiger partial charge >= 0.3 is 0 Å². The van der Waals surface area contributed by atoms with Crippen LogP contribution in [0.1, 0.15) is 48.0 Å². The van der Waals surface area contributed by atoms with E-state index in [0.717, 1.165) is 43.4 Å². The Morgan fingerprint density at radius 2 is 1.95 bits per heavy atom. The maximum Gasteiger partial charge on any atom is 0.251 e. The van der Waals surface area contributed by atoms with Gasteiger partial charge in [-0.3, -0.25) is 9.59 Å². The first-order valence-electron chi connectivity index (χ1n) is 8.01. The fraction of sp³-hybridized carbons (Fsp3) is 0.444. The third-order valence-electron chi connectivity index (χ3n) is 4.31. The lowest BCUT2D eigenvalue weighted by Crippen LogP contribution is -2.26. The lowest BCUT2D eigenvalue weighted by Gasteiger charge is -2.18. The van der Waals surface area contributed by atoms with Crippen LogP contribution in [0.15, 0.2) is 30.4 Å². The van der Waals surface area contributed by atoms with Crippen LogP contribution in [-0.2, 0) is 4.79 Å². The van der Waals surface area contributed by atoms with Crippen LogP contribution < -0.4 is 10.6 Å². The highest BCUT2D eigenvalue weighted by Crippen LogP contribution is 2.24. The van der Waals surface area contributed by atoms with Crippen LogP contribution in [0.4, 0.5) is 5.69 Å². The van der Waals surface area contributed by atoms with E-state index in [1.54, 1.807) is 6.07 Å². The molecule has 4 heteroatoms.